The molecule has 4 heteroatoms. The van der Waals surface area contributed by atoms with Crippen LogP contribution < -0.4 is 0 Å². The van der Waals surface area contributed by atoms with Gasteiger partial charge in [0.1, 0.15) is 5.82 Å². The summed E-state index contributed by atoms with van der Waals surface area (Å²) in [6.45, 7) is 2.51. The second-order valence-electron chi connectivity index (χ2n) is 3.62. The number of imidazole rings is 1. The normalized spacial score (nSPS) is 10.6. The lowest BCUT2D eigenvalue weighted by Gasteiger charge is -2.04. The SMILES string of the molecule is CCCc1nccn1CC(=O)c1cccs1. The topological polar surface area (TPSA) is 34.9 Å². The molecule has 2 aromatic heterocycles. The van der Waals surface area contributed by atoms with Crippen LogP contribution in [0.4, 0.5) is 0 Å². The highest BCUT2D eigenvalue weighted by molar-refractivity contribution is 7.12. The summed E-state index contributed by atoms with van der Waals surface area (Å²) in [7, 11) is 0. The van der Waals surface area contributed by atoms with Crippen LogP contribution in [0, 0.1) is 0 Å². The lowest BCUT2D eigenvalue weighted by molar-refractivity contribution is 0.0975. The number of nitrogens with zero attached hydrogens (tertiary/aromatic N) is 2. The largest absolute Gasteiger partial charge is 0.327 e. The Morgan fingerprint density at radius 3 is 3.12 bits per heavy atom. The second-order valence-corrected chi connectivity index (χ2v) is 4.57. The smallest absolute Gasteiger partial charge is 0.192 e. The van der Waals surface area contributed by atoms with E-state index in [1.807, 2.05) is 28.3 Å². The fourth-order valence-electron chi connectivity index (χ4n) is 1.61. The molecule has 2 heterocycles. The van der Waals surface area contributed by atoms with Crippen LogP contribution in [0.1, 0.15) is 28.8 Å². The molecule has 0 saturated carbocycles. The Morgan fingerprint density at radius 2 is 2.44 bits per heavy atom. The zero-order valence-electron chi connectivity index (χ0n) is 9.22. The number of hydrogen-bond acceptors (Lipinski definition) is 3. The van der Waals surface area contributed by atoms with Crippen LogP contribution >= 0.6 is 11.3 Å². The summed E-state index contributed by atoms with van der Waals surface area (Å²) < 4.78 is 1.94. The second kappa shape index (κ2) is 5.07. The quantitative estimate of drug-likeness (QED) is 0.746. The predicted molar refractivity (Wildman–Crippen MR) is 64.9 cm³/mol. The summed E-state index contributed by atoms with van der Waals surface area (Å²) in [6, 6.07) is 3.77. The van der Waals surface area contributed by atoms with Gasteiger partial charge < -0.3 is 4.57 Å². The van der Waals surface area contributed by atoms with Crippen LogP contribution in [0.2, 0.25) is 0 Å². The summed E-state index contributed by atoms with van der Waals surface area (Å²) >= 11 is 1.49. The van der Waals surface area contributed by atoms with Crippen molar-refractivity contribution in [2.45, 2.75) is 26.3 Å². The first kappa shape index (κ1) is 11.1. The molecule has 0 spiro atoms. The van der Waals surface area contributed by atoms with Crippen molar-refractivity contribution in [3.8, 4) is 0 Å². The molecular formula is C12H14N2OS. The molecule has 0 saturated heterocycles. The molecule has 0 bridgehead atoms. The van der Waals surface area contributed by atoms with E-state index in [0.29, 0.717) is 6.54 Å². The number of hydrogen-bond donors (Lipinski definition) is 0. The number of aromatic nitrogens is 2. The van der Waals surface area contributed by atoms with Crippen LogP contribution in [0.5, 0.6) is 0 Å². The number of thiophene rings is 1. The highest BCUT2D eigenvalue weighted by Gasteiger charge is 2.09. The Bertz CT molecular complexity index is 459. The first-order valence-corrected chi connectivity index (χ1v) is 6.26. The first-order valence-electron chi connectivity index (χ1n) is 5.38. The molecule has 16 heavy (non-hydrogen) atoms. The summed E-state index contributed by atoms with van der Waals surface area (Å²) in [5, 5.41) is 1.92. The number of aryl methyl sites for hydroxylation is 1. The van der Waals surface area contributed by atoms with Gasteiger partial charge in [0.05, 0.1) is 11.4 Å². The summed E-state index contributed by atoms with van der Waals surface area (Å²) in [5.41, 5.74) is 0. The Labute approximate surface area is 98.8 Å². The van der Waals surface area contributed by atoms with Gasteiger partial charge in [-0.25, -0.2) is 4.98 Å². The van der Waals surface area contributed by atoms with Gasteiger partial charge in [-0.3, -0.25) is 4.79 Å². The highest BCUT2D eigenvalue weighted by Crippen LogP contribution is 2.11. The molecule has 0 N–H and O–H groups in total. The lowest BCUT2D eigenvalue weighted by atomic mass is 10.3. The van der Waals surface area contributed by atoms with Gasteiger partial charge in [-0.2, -0.15) is 0 Å². The minimum Gasteiger partial charge on any atom is -0.327 e. The molecule has 0 fully saturated rings. The van der Waals surface area contributed by atoms with Crippen LogP contribution in [0.15, 0.2) is 29.9 Å². The van der Waals surface area contributed by atoms with Crippen molar-refractivity contribution in [1.29, 1.82) is 0 Å². The van der Waals surface area contributed by atoms with Crippen LogP contribution in [0.3, 0.4) is 0 Å². The van der Waals surface area contributed by atoms with Crippen molar-refractivity contribution in [2.75, 3.05) is 0 Å². The maximum Gasteiger partial charge on any atom is 0.192 e. The number of ketones is 1. The van der Waals surface area contributed by atoms with Crippen molar-refractivity contribution in [2.24, 2.45) is 0 Å². The van der Waals surface area contributed by atoms with E-state index in [4.69, 9.17) is 0 Å². The molecule has 0 aliphatic carbocycles. The molecule has 0 atom stereocenters. The van der Waals surface area contributed by atoms with E-state index in [0.717, 1.165) is 23.5 Å². The Kier molecular flexibility index (Phi) is 3.51. The molecule has 0 aliphatic rings. The maximum absolute atomic E-state index is 11.9. The molecule has 0 radical (unpaired) electrons. The van der Waals surface area contributed by atoms with Gasteiger partial charge in [-0.15, -0.1) is 11.3 Å². The summed E-state index contributed by atoms with van der Waals surface area (Å²) in [6.07, 6.45) is 5.60. The zero-order valence-corrected chi connectivity index (χ0v) is 10.0. The van der Waals surface area contributed by atoms with Crippen molar-refractivity contribution in [3.63, 3.8) is 0 Å². The Hall–Kier alpha value is -1.42. The minimum absolute atomic E-state index is 0.158. The molecule has 84 valence electrons. The van der Waals surface area contributed by atoms with Crippen molar-refractivity contribution < 1.29 is 4.79 Å². The van der Waals surface area contributed by atoms with Crippen LogP contribution in [-0.2, 0) is 13.0 Å². The number of carbonyl (C=O) groups excluding carboxylic acids is 1. The van der Waals surface area contributed by atoms with E-state index < -0.39 is 0 Å². The fraction of sp³-hybridized carbons (Fsp3) is 0.333. The third kappa shape index (κ3) is 2.39. The van der Waals surface area contributed by atoms with E-state index in [9.17, 15) is 4.79 Å². The van der Waals surface area contributed by atoms with Gasteiger partial charge in [0.15, 0.2) is 5.78 Å². The molecular weight excluding hydrogens is 220 g/mol. The number of carbonyl (C=O) groups is 1. The maximum atomic E-state index is 11.9. The van der Waals surface area contributed by atoms with E-state index in [-0.39, 0.29) is 5.78 Å². The van der Waals surface area contributed by atoms with Crippen molar-refractivity contribution in [3.05, 3.63) is 40.6 Å². The minimum atomic E-state index is 0.158. The van der Waals surface area contributed by atoms with Gasteiger partial charge in [-0.1, -0.05) is 13.0 Å². The van der Waals surface area contributed by atoms with Crippen molar-refractivity contribution >= 4 is 17.1 Å². The van der Waals surface area contributed by atoms with Gasteiger partial charge in [0.25, 0.3) is 0 Å². The summed E-state index contributed by atoms with van der Waals surface area (Å²) in [4.78, 5) is 17.0. The molecule has 2 rings (SSSR count). The average molecular weight is 234 g/mol. The predicted octanol–water partition coefficient (Wildman–Crippen LogP) is 2.78. The standard InChI is InChI=1S/C12H14N2OS/c1-2-4-12-13-6-7-14(12)9-10(15)11-5-3-8-16-11/h3,5-8H,2,4,9H2,1H3. The third-order valence-corrected chi connectivity index (χ3v) is 3.30. The van der Waals surface area contributed by atoms with Crippen LogP contribution in [0.25, 0.3) is 0 Å². The molecule has 2 aromatic rings. The average Bonchev–Trinajstić information content (AvgIpc) is 2.90. The van der Waals surface area contributed by atoms with E-state index in [1.165, 1.54) is 11.3 Å². The third-order valence-electron chi connectivity index (χ3n) is 2.39. The van der Waals surface area contributed by atoms with Gasteiger partial charge in [-0.05, 0) is 17.9 Å². The number of Topliss-reactive ketones (excluding diaryl/α,β-unsaturated/α-hetero) is 1. The zero-order chi connectivity index (χ0) is 11.4. The molecule has 0 aromatic carbocycles. The van der Waals surface area contributed by atoms with Crippen molar-refractivity contribution in [1.82, 2.24) is 9.55 Å². The van der Waals surface area contributed by atoms with E-state index in [2.05, 4.69) is 11.9 Å². The highest BCUT2D eigenvalue weighted by atomic mass is 32.1. The number of rotatable bonds is 5. The monoisotopic (exact) mass is 234 g/mol. The molecule has 3 nitrogen and oxygen atoms in total. The fourth-order valence-corrected chi connectivity index (χ4v) is 2.26. The van der Waals surface area contributed by atoms with E-state index >= 15 is 0 Å². The van der Waals surface area contributed by atoms with Gasteiger partial charge >= 0.3 is 0 Å². The van der Waals surface area contributed by atoms with Gasteiger partial charge in [0.2, 0.25) is 0 Å². The Balaban J connectivity index is 2.09. The Morgan fingerprint density at radius 1 is 1.56 bits per heavy atom. The van der Waals surface area contributed by atoms with Crippen LogP contribution in [-0.4, -0.2) is 15.3 Å². The molecule has 0 unspecified atom stereocenters. The van der Waals surface area contributed by atoms with E-state index in [1.54, 1.807) is 6.20 Å². The first-order chi connectivity index (χ1) is 7.81. The molecule has 0 amide bonds. The summed E-state index contributed by atoms with van der Waals surface area (Å²) in [5.74, 6) is 1.15. The molecule has 0 aliphatic heterocycles. The van der Waals surface area contributed by atoms with Gasteiger partial charge in [0, 0.05) is 18.8 Å². The lowest BCUT2D eigenvalue weighted by Crippen LogP contribution is -2.11.